The topological polar surface area (TPSA) is 29.3 Å². The summed E-state index contributed by atoms with van der Waals surface area (Å²) in [6, 6.07) is 0.548. The minimum Gasteiger partial charge on any atom is -0.329 e. The highest BCUT2D eigenvalue weighted by molar-refractivity contribution is 4.83. The molecule has 0 aliphatic carbocycles. The molecular weight excluding hydrogens is 208 g/mol. The van der Waals surface area contributed by atoms with E-state index in [0.29, 0.717) is 6.04 Å². The van der Waals surface area contributed by atoms with E-state index >= 15 is 0 Å². The van der Waals surface area contributed by atoms with Crippen LogP contribution >= 0.6 is 0 Å². The molecule has 0 saturated carbocycles. The van der Waals surface area contributed by atoms with Crippen molar-refractivity contribution in [2.75, 3.05) is 13.6 Å². The summed E-state index contributed by atoms with van der Waals surface area (Å²) in [6.45, 7) is 9.93. The van der Waals surface area contributed by atoms with Crippen LogP contribution in [-0.4, -0.2) is 30.1 Å². The molecule has 0 aromatic heterocycles. The van der Waals surface area contributed by atoms with E-state index < -0.39 is 0 Å². The second-order valence-corrected chi connectivity index (χ2v) is 5.87. The maximum Gasteiger partial charge on any atom is 0.0220 e. The Balaban J connectivity index is 3.98. The first kappa shape index (κ1) is 16.9. The molecular formula is C15H34N2. The highest BCUT2D eigenvalue weighted by atomic mass is 15.2. The van der Waals surface area contributed by atoms with E-state index in [1.54, 1.807) is 0 Å². The quantitative estimate of drug-likeness (QED) is 0.591. The van der Waals surface area contributed by atoms with Crippen LogP contribution in [0, 0.1) is 0 Å². The lowest BCUT2D eigenvalue weighted by Gasteiger charge is -2.40. The Kier molecular flexibility index (Phi) is 8.89. The minimum absolute atomic E-state index is 0.271. The van der Waals surface area contributed by atoms with Gasteiger partial charge >= 0.3 is 0 Å². The van der Waals surface area contributed by atoms with E-state index in [1.165, 1.54) is 44.9 Å². The molecule has 0 saturated heterocycles. The van der Waals surface area contributed by atoms with Crippen molar-refractivity contribution >= 4 is 0 Å². The molecule has 0 aromatic rings. The minimum atomic E-state index is 0.271. The molecule has 0 fully saturated rings. The molecule has 104 valence electrons. The lowest BCUT2D eigenvalue weighted by molar-refractivity contribution is 0.0940. The molecule has 17 heavy (non-hydrogen) atoms. The van der Waals surface area contributed by atoms with Crippen molar-refractivity contribution in [1.29, 1.82) is 0 Å². The zero-order valence-electron chi connectivity index (χ0n) is 12.8. The molecule has 0 amide bonds. The third kappa shape index (κ3) is 6.42. The first-order valence-electron chi connectivity index (χ1n) is 7.42. The fraction of sp³-hybridized carbons (Fsp3) is 1.00. The van der Waals surface area contributed by atoms with E-state index in [9.17, 15) is 0 Å². The summed E-state index contributed by atoms with van der Waals surface area (Å²) < 4.78 is 0. The van der Waals surface area contributed by atoms with Crippen LogP contribution in [0.3, 0.4) is 0 Å². The smallest absolute Gasteiger partial charge is 0.0220 e. The Morgan fingerprint density at radius 3 is 2.12 bits per heavy atom. The van der Waals surface area contributed by atoms with Gasteiger partial charge < -0.3 is 5.73 Å². The summed E-state index contributed by atoms with van der Waals surface area (Å²) in [5.41, 5.74) is 6.20. The Bertz CT molecular complexity index is 178. The lowest BCUT2D eigenvalue weighted by atomic mass is 9.95. The number of likely N-dealkylation sites (N-methyl/N-ethyl adjacent to an activating group) is 1. The maximum absolute atomic E-state index is 5.92. The number of unbranched alkanes of at least 4 members (excludes halogenated alkanes) is 4. The lowest BCUT2D eigenvalue weighted by Crippen LogP contribution is -2.49. The third-order valence-corrected chi connectivity index (χ3v) is 4.28. The normalized spacial score (nSPS) is 14.3. The van der Waals surface area contributed by atoms with Crippen molar-refractivity contribution in [2.45, 2.75) is 84.2 Å². The van der Waals surface area contributed by atoms with Crippen molar-refractivity contribution in [3.63, 3.8) is 0 Å². The molecule has 2 nitrogen and oxygen atoms in total. The van der Waals surface area contributed by atoms with E-state index in [2.05, 4.69) is 39.6 Å². The molecule has 0 aliphatic rings. The van der Waals surface area contributed by atoms with Gasteiger partial charge in [-0.05, 0) is 33.7 Å². The summed E-state index contributed by atoms with van der Waals surface area (Å²) in [5.74, 6) is 0. The largest absolute Gasteiger partial charge is 0.329 e. The van der Waals surface area contributed by atoms with Gasteiger partial charge in [-0.15, -0.1) is 0 Å². The highest BCUT2D eigenvalue weighted by Gasteiger charge is 2.26. The highest BCUT2D eigenvalue weighted by Crippen LogP contribution is 2.21. The summed E-state index contributed by atoms with van der Waals surface area (Å²) in [6.07, 6.45) is 9.20. The summed E-state index contributed by atoms with van der Waals surface area (Å²) in [5, 5.41) is 0. The average Bonchev–Trinajstić information content (AvgIpc) is 2.33. The zero-order valence-corrected chi connectivity index (χ0v) is 12.8. The summed E-state index contributed by atoms with van der Waals surface area (Å²) in [7, 11) is 2.23. The summed E-state index contributed by atoms with van der Waals surface area (Å²) in [4.78, 5) is 2.48. The van der Waals surface area contributed by atoms with Crippen molar-refractivity contribution < 1.29 is 0 Å². The van der Waals surface area contributed by atoms with Crippen LogP contribution in [0.25, 0.3) is 0 Å². The van der Waals surface area contributed by atoms with Crippen molar-refractivity contribution in [2.24, 2.45) is 5.73 Å². The number of nitrogens with zero attached hydrogens (tertiary/aromatic N) is 1. The molecule has 0 radical (unpaired) electrons. The van der Waals surface area contributed by atoms with Crippen LogP contribution < -0.4 is 5.73 Å². The van der Waals surface area contributed by atoms with Crippen LogP contribution in [0.1, 0.15) is 72.6 Å². The molecule has 0 rings (SSSR count). The Labute approximate surface area is 109 Å². The average molecular weight is 242 g/mol. The van der Waals surface area contributed by atoms with Gasteiger partial charge in [0.2, 0.25) is 0 Å². The van der Waals surface area contributed by atoms with Crippen LogP contribution in [0.4, 0.5) is 0 Å². The van der Waals surface area contributed by atoms with Gasteiger partial charge in [0, 0.05) is 18.1 Å². The predicted octanol–water partition coefficient (Wildman–Crippen LogP) is 3.79. The van der Waals surface area contributed by atoms with Gasteiger partial charge in [-0.1, -0.05) is 46.0 Å². The molecule has 0 spiro atoms. The summed E-state index contributed by atoms with van der Waals surface area (Å²) >= 11 is 0. The maximum atomic E-state index is 5.92. The molecule has 1 unspecified atom stereocenters. The molecule has 0 bridgehead atoms. The molecule has 2 heteroatoms. The van der Waals surface area contributed by atoms with Gasteiger partial charge in [0.05, 0.1) is 0 Å². The van der Waals surface area contributed by atoms with Crippen molar-refractivity contribution in [3.05, 3.63) is 0 Å². The number of hydrogen-bond acceptors (Lipinski definition) is 2. The van der Waals surface area contributed by atoms with Crippen molar-refractivity contribution in [3.8, 4) is 0 Å². The second-order valence-electron chi connectivity index (χ2n) is 5.87. The Morgan fingerprint density at radius 2 is 1.65 bits per heavy atom. The van der Waals surface area contributed by atoms with E-state index in [1.807, 2.05) is 0 Å². The Hall–Kier alpha value is -0.0800. The predicted molar refractivity (Wildman–Crippen MR) is 78.4 cm³/mol. The first-order valence-corrected chi connectivity index (χ1v) is 7.42. The number of nitrogens with two attached hydrogens (primary N) is 1. The number of hydrogen-bond donors (Lipinski definition) is 1. The van der Waals surface area contributed by atoms with E-state index in [0.717, 1.165) is 6.54 Å². The first-order chi connectivity index (χ1) is 7.99. The van der Waals surface area contributed by atoms with Gasteiger partial charge in [0.25, 0.3) is 0 Å². The van der Waals surface area contributed by atoms with Crippen LogP contribution in [0.2, 0.25) is 0 Å². The van der Waals surface area contributed by atoms with E-state index in [4.69, 9.17) is 5.73 Å². The standard InChI is InChI=1S/C15H34N2/c1-6-8-9-10-11-12-14(13-16)17(5)15(3,4)7-2/h14H,6-13,16H2,1-5H3. The molecule has 0 aliphatic heterocycles. The van der Waals surface area contributed by atoms with E-state index in [-0.39, 0.29) is 5.54 Å². The molecule has 1 atom stereocenters. The third-order valence-electron chi connectivity index (χ3n) is 4.28. The van der Waals surface area contributed by atoms with Gasteiger partial charge in [0.1, 0.15) is 0 Å². The Morgan fingerprint density at radius 1 is 1.06 bits per heavy atom. The zero-order chi connectivity index (χ0) is 13.3. The van der Waals surface area contributed by atoms with Crippen LogP contribution in [0.5, 0.6) is 0 Å². The van der Waals surface area contributed by atoms with Crippen LogP contribution in [0.15, 0.2) is 0 Å². The second kappa shape index (κ2) is 8.93. The van der Waals surface area contributed by atoms with Gasteiger partial charge in [-0.2, -0.15) is 0 Å². The number of rotatable bonds is 10. The van der Waals surface area contributed by atoms with Gasteiger partial charge in [0.15, 0.2) is 0 Å². The molecule has 2 N–H and O–H groups in total. The SMILES string of the molecule is CCCCCCCC(CN)N(C)C(C)(C)CC. The fourth-order valence-corrected chi connectivity index (χ4v) is 2.20. The van der Waals surface area contributed by atoms with Gasteiger partial charge in [-0.25, -0.2) is 0 Å². The fourth-order valence-electron chi connectivity index (χ4n) is 2.20. The molecule has 0 heterocycles. The monoisotopic (exact) mass is 242 g/mol. The van der Waals surface area contributed by atoms with Gasteiger partial charge in [-0.3, -0.25) is 4.90 Å². The molecule has 0 aromatic carbocycles. The van der Waals surface area contributed by atoms with Crippen molar-refractivity contribution in [1.82, 2.24) is 4.90 Å². The van der Waals surface area contributed by atoms with Crippen LogP contribution in [-0.2, 0) is 0 Å².